The van der Waals surface area contributed by atoms with Crippen molar-refractivity contribution in [2.24, 2.45) is 0 Å². The van der Waals surface area contributed by atoms with Crippen LogP contribution < -0.4 is 10.9 Å². The molecule has 0 bridgehead atoms. The monoisotopic (exact) mass is 473 g/mol. The number of nitrogens with zero attached hydrogens (tertiary/aromatic N) is 1. The highest BCUT2D eigenvalue weighted by Gasteiger charge is 2.15. The zero-order chi connectivity index (χ0) is 19.7. The summed E-state index contributed by atoms with van der Waals surface area (Å²) >= 11 is 11.3. The molecule has 2 heterocycles. The standard InChI is InChI=1S/C21H17BrClN3OS/c1-12(13-6-2-4-8-16(13)22)24-10-18-25-20(27)19-15(11-28-21(19)26-18)14-7-3-5-9-17(14)23/h2-9,11-12,24H,10H2,1H3,(H,25,26,27)/t12-/m1/s1. The average molecular weight is 475 g/mol. The maximum atomic E-state index is 12.8. The van der Waals surface area contributed by atoms with Gasteiger partial charge in [0.1, 0.15) is 10.7 Å². The Kier molecular flexibility index (Phi) is 5.64. The molecular formula is C21H17BrClN3OS. The van der Waals surface area contributed by atoms with Gasteiger partial charge in [-0.1, -0.05) is 63.9 Å². The predicted octanol–water partition coefficient (Wildman–Crippen LogP) is 5.92. The normalized spacial score (nSPS) is 12.4. The molecule has 28 heavy (non-hydrogen) atoms. The van der Waals surface area contributed by atoms with Crippen LogP contribution >= 0.6 is 38.9 Å². The fraction of sp³-hybridized carbons (Fsp3) is 0.143. The summed E-state index contributed by atoms with van der Waals surface area (Å²) in [6.07, 6.45) is 0. The van der Waals surface area contributed by atoms with Crippen molar-refractivity contribution in [3.63, 3.8) is 0 Å². The number of benzene rings is 2. The van der Waals surface area contributed by atoms with Gasteiger partial charge >= 0.3 is 0 Å². The SMILES string of the molecule is C[C@@H](NCc1nc2scc(-c3ccccc3Cl)c2c(=O)[nH]1)c1ccccc1Br. The predicted molar refractivity (Wildman–Crippen MR) is 120 cm³/mol. The summed E-state index contributed by atoms with van der Waals surface area (Å²) in [5.41, 5.74) is 2.67. The molecule has 0 radical (unpaired) electrons. The van der Waals surface area contributed by atoms with E-state index in [-0.39, 0.29) is 11.6 Å². The van der Waals surface area contributed by atoms with Gasteiger partial charge < -0.3 is 10.3 Å². The van der Waals surface area contributed by atoms with E-state index in [1.54, 1.807) is 0 Å². The molecule has 0 aliphatic heterocycles. The van der Waals surface area contributed by atoms with Crippen molar-refractivity contribution in [1.29, 1.82) is 0 Å². The summed E-state index contributed by atoms with van der Waals surface area (Å²) in [5.74, 6) is 0.615. The Morgan fingerprint density at radius 2 is 1.93 bits per heavy atom. The lowest BCUT2D eigenvalue weighted by Gasteiger charge is -2.15. The van der Waals surface area contributed by atoms with Gasteiger partial charge in [-0.2, -0.15) is 0 Å². The van der Waals surface area contributed by atoms with Gasteiger partial charge in [0, 0.05) is 32.0 Å². The number of nitrogens with one attached hydrogen (secondary N) is 2. The second-order valence-corrected chi connectivity index (χ2v) is 8.57. The molecule has 1 atom stereocenters. The quantitative estimate of drug-likeness (QED) is 0.377. The zero-order valence-electron chi connectivity index (χ0n) is 15.0. The second-order valence-electron chi connectivity index (χ2n) is 6.45. The molecule has 2 aromatic heterocycles. The molecule has 0 unspecified atom stereocenters. The van der Waals surface area contributed by atoms with Crippen molar-refractivity contribution in [2.45, 2.75) is 19.5 Å². The third kappa shape index (κ3) is 3.78. The van der Waals surface area contributed by atoms with E-state index in [0.717, 1.165) is 21.2 Å². The lowest BCUT2D eigenvalue weighted by atomic mass is 10.1. The minimum absolute atomic E-state index is 0.110. The van der Waals surface area contributed by atoms with Crippen LogP contribution in [0.1, 0.15) is 24.4 Å². The third-order valence-corrected chi connectivity index (χ3v) is 6.53. The minimum atomic E-state index is -0.147. The van der Waals surface area contributed by atoms with Gasteiger partial charge in [-0.15, -0.1) is 11.3 Å². The number of halogens is 2. The molecule has 2 aromatic carbocycles. The molecule has 0 saturated carbocycles. The van der Waals surface area contributed by atoms with E-state index < -0.39 is 0 Å². The van der Waals surface area contributed by atoms with Gasteiger partial charge in [0.15, 0.2) is 0 Å². The number of aromatic amines is 1. The molecule has 0 spiro atoms. The minimum Gasteiger partial charge on any atom is -0.309 e. The van der Waals surface area contributed by atoms with Crippen molar-refractivity contribution >= 4 is 49.1 Å². The first-order chi connectivity index (χ1) is 13.5. The smallest absolute Gasteiger partial charge is 0.260 e. The van der Waals surface area contributed by atoms with Crippen molar-refractivity contribution < 1.29 is 0 Å². The number of H-pyrrole nitrogens is 1. The van der Waals surface area contributed by atoms with Gasteiger partial charge in [0.05, 0.1) is 11.9 Å². The topological polar surface area (TPSA) is 57.8 Å². The lowest BCUT2D eigenvalue weighted by molar-refractivity contribution is 0.558. The Balaban J connectivity index is 1.62. The van der Waals surface area contributed by atoms with Crippen molar-refractivity contribution in [2.75, 3.05) is 0 Å². The Hall–Kier alpha value is -1.99. The third-order valence-electron chi connectivity index (χ3n) is 4.60. The number of hydrogen-bond donors (Lipinski definition) is 2. The molecule has 4 nitrogen and oxygen atoms in total. The van der Waals surface area contributed by atoms with E-state index in [1.165, 1.54) is 11.3 Å². The molecule has 7 heteroatoms. The van der Waals surface area contributed by atoms with Crippen LogP contribution in [0.4, 0.5) is 0 Å². The highest BCUT2D eigenvalue weighted by atomic mass is 79.9. The summed E-state index contributed by atoms with van der Waals surface area (Å²) in [7, 11) is 0. The number of aromatic nitrogens is 2. The Bertz CT molecular complexity index is 1200. The van der Waals surface area contributed by atoms with E-state index >= 15 is 0 Å². The fourth-order valence-electron chi connectivity index (χ4n) is 3.14. The first-order valence-corrected chi connectivity index (χ1v) is 10.8. The number of thiophene rings is 1. The first-order valence-electron chi connectivity index (χ1n) is 8.77. The molecule has 142 valence electrons. The van der Waals surface area contributed by atoms with Gasteiger partial charge in [0.2, 0.25) is 0 Å². The van der Waals surface area contributed by atoms with Crippen LogP contribution in [0.2, 0.25) is 5.02 Å². The van der Waals surface area contributed by atoms with Gasteiger partial charge in [-0.3, -0.25) is 4.79 Å². The maximum Gasteiger partial charge on any atom is 0.260 e. The maximum absolute atomic E-state index is 12.8. The van der Waals surface area contributed by atoms with E-state index in [9.17, 15) is 4.79 Å². The molecule has 0 amide bonds. The molecule has 2 N–H and O–H groups in total. The molecular weight excluding hydrogens is 458 g/mol. The average Bonchev–Trinajstić information content (AvgIpc) is 3.11. The Morgan fingerprint density at radius 1 is 1.18 bits per heavy atom. The van der Waals surface area contributed by atoms with Crippen molar-refractivity contribution in [3.05, 3.63) is 85.1 Å². The Morgan fingerprint density at radius 3 is 2.71 bits per heavy atom. The van der Waals surface area contributed by atoms with E-state index in [4.69, 9.17) is 11.6 Å². The molecule has 4 aromatic rings. The number of rotatable bonds is 5. The summed E-state index contributed by atoms with van der Waals surface area (Å²) < 4.78 is 1.05. The molecule has 0 aliphatic rings. The second kappa shape index (κ2) is 8.17. The first kappa shape index (κ1) is 19.3. The molecule has 0 aliphatic carbocycles. The molecule has 0 fully saturated rings. The van der Waals surface area contributed by atoms with E-state index in [1.807, 2.05) is 47.8 Å². The van der Waals surface area contributed by atoms with Crippen LogP contribution in [-0.4, -0.2) is 9.97 Å². The van der Waals surface area contributed by atoms with Crippen LogP contribution in [0, 0.1) is 0 Å². The van der Waals surface area contributed by atoms with Gasteiger partial charge in [0.25, 0.3) is 5.56 Å². The highest BCUT2D eigenvalue weighted by molar-refractivity contribution is 9.10. The van der Waals surface area contributed by atoms with E-state index in [2.05, 4.69) is 44.2 Å². The lowest BCUT2D eigenvalue weighted by Crippen LogP contribution is -2.22. The fourth-order valence-corrected chi connectivity index (χ4v) is 4.96. The van der Waals surface area contributed by atoms with E-state index in [0.29, 0.717) is 27.6 Å². The van der Waals surface area contributed by atoms with Gasteiger partial charge in [-0.05, 0) is 24.6 Å². The number of hydrogen-bond acceptors (Lipinski definition) is 4. The van der Waals surface area contributed by atoms with Crippen LogP contribution in [-0.2, 0) is 6.54 Å². The van der Waals surface area contributed by atoms with Crippen molar-refractivity contribution in [1.82, 2.24) is 15.3 Å². The van der Waals surface area contributed by atoms with Crippen LogP contribution in [0.25, 0.3) is 21.3 Å². The van der Waals surface area contributed by atoms with Crippen molar-refractivity contribution in [3.8, 4) is 11.1 Å². The summed E-state index contributed by atoms with van der Waals surface area (Å²) in [6.45, 7) is 2.55. The number of fused-ring (bicyclic) bond motifs is 1. The molecule has 4 rings (SSSR count). The molecule has 0 saturated heterocycles. The van der Waals surface area contributed by atoms with Crippen LogP contribution in [0.3, 0.4) is 0 Å². The summed E-state index contributed by atoms with van der Waals surface area (Å²) in [6, 6.07) is 15.7. The van der Waals surface area contributed by atoms with Crippen LogP contribution in [0.15, 0.2) is 63.2 Å². The largest absolute Gasteiger partial charge is 0.309 e. The summed E-state index contributed by atoms with van der Waals surface area (Å²) in [4.78, 5) is 21.0. The zero-order valence-corrected chi connectivity index (χ0v) is 18.2. The highest BCUT2D eigenvalue weighted by Crippen LogP contribution is 2.34. The Labute approximate surface area is 179 Å². The van der Waals surface area contributed by atoms with Crippen LogP contribution in [0.5, 0.6) is 0 Å². The summed E-state index contributed by atoms with van der Waals surface area (Å²) in [5, 5.41) is 6.56. The van der Waals surface area contributed by atoms with Gasteiger partial charge in [-0.25, -0.2) is 4.98 Å².